The highest BCUT2D eigenvalue weighted by molar-refractivity contribution is 7.93. The van der Waals surface area contributed by atoms with Crippen molar-refractivity contribution in [2.24, 2.45) is 11.8 Å². The number of rotatable bonds is 6. The molecule has 1 atom stereocenters. The number of amides is 1. The summed E-state index contributed by atoms with van der Waals surface area (Å²) in [5.74, 6) is 1.12. The summed E-state index contributed by atoms with van der Waals surface area (Å²) in [5.41, 5.74) is 0. The van der Waals surface area contributed by atoms with Gasteiger partial charge in [0.25, 0.3) is 0 Å². The Morgan fingerprint density at radius 1 is 1.40 bits per heavy atom. The minimum atomic E-state index is -3.20. The number of likely N-dealkylation sites (tertiary alicyclic amines) is 1. The topological polar surface area (TPSA) is 76.6 Å². The Morgan fingerprint density at radius 3 is 2.80 bits per heavy atom. The van der Waals surface area contributed by atoms with Crippen molar-refractivity contribution in [3.05, 3.63) is 24.4 Å². The molecule has 2 saturated heterocycles. The average molecular weight is 366 g/mol. The quantitative estimate of drug-likeness (QED) is 0.769. The molecule has 138 valence electrons. The molecule has 6 nitrogen and oxygen atoms in total. The van der Waals surface area contributed by atoms with Crippen molar-refractivity contribution in [3.8, 4) is 5.88 Å². The number of hydrogen-bond donors (Lipinski definition) is 0. The second-order valence-corrected chi connectivity index (χ2v) is 9.98. The molecular weight excluding hydrogens is 340 g/mol. The third-order valence-electron chi connectivity index (χ3n) is 5.37. The van der Waals surface area contributed by atoms with Crippen LogP contribution in [0, 0.1) is 11.8 Å². The van der Waals surface area contributed by atoms with E-state index in [2.05, 4.69) is 18.8 Å². The fraction of sp³-hybridized carbons (Fsp3) is 0.667. The van der Waals surface area contributed by atoms with Gasteiger partial charge in [0.05, 0.1) is 12.4 Å². The first-order valence-electron chi connectivity index (χ1n) is 8.88. The van der Waals surface area contributed by atoms with Crippen LogP contribution in [0.5, 0.6) is 5.88 Å². The van der Waals surface area contributed by atoms with Gasteiger partial charge in [-0.25, -0.2) is 13.4 Å². The zero-order chi connectivity index (χ0) is 18.1. The van der Waals surface area contributed by atoms with Crippen molar-refractivity contribution < 1.29 is 17.9 Å². The normalized spacial score (nSPS) is 23.6. The third kappa shape index (κ3) is 3.52. The van der Waals surface area contributed by atoms with Crippen LogP contribution in [0.4, 0.5) is 0 Å². The minimum Gasteiger partial charge on any atom is -0.477 e. The molecule has 0 unspecified atom stereocenters. The maximum atomic E-state index is 12.6. The van der Waals surface area contributed by atoms with Crippen LogP contribution in [-0.2, 0) is 14.6 Å². The molecule has 1 aromatic heterocycles. The van der Waals surface area contributed by atoms with Crippen LogP contribution in [0.1, 0.15) is 33.1 Å². The lowest BCUT2D eigenvalue weighted by atomic mass is 9.83. The van der Waals surface area contributed by atoms with Gasteiger partial charge in [0, 0.05) is 37.7 Å². The van der Waals surface area contributed by atoms with Crippen molar-refractivity contribution in [1.82, 2.24) is 9.88 Å². The van der Waals surface area contributed by atoms with Crippen molar-refractivity contribution in [2.75, 3.05) is 25.4 Å². The molecule has 2 aliphatic rings. The van der Waals surface area contributed by atoms with Gasteiger partial charge in [-0.05, 0) is 24.8 Å². The molecule has 1 spiro atoms. The Balaban J connectivity index is 1.63. The van der Waals surface area contributed by atoms with E-state index in [-0.39, 0.29) is 17.6 Å². The number of nitrogens with zero attached hydrogens (tertiary/aromatic N) is 2. The minimum absolute atomic E-state index is 0.0609. The Hall–Kier alpha value is -1.63. The van der Waals surface area contributed by atoms with E-state index in [1.807, 2.05) is 6.07 Å². The summed E-state index contributed by atoms with van der Waals surface area (Å²) >= 11 is 0. The standard InChI is InChI=1S/C18H26N2O4S/c1-14(2)6-7-17(21)20-12-18(13-20)15(8-10-25(18,22)23)11-24-16-5-3-4-9-19-16/h3-5,9,14-15H,6-8,10-13H2,1-2H3/t15-/m0/s1. The average Bonchev–Trinajstić information content (AvgIpc) is 2.81. The zero-order valence-electron chi connectivity index (χ0n) is 14.8. The maximum Gasteiger partial charge on any atom is 0.222 e. The van der Waals surface area contributed by atoms with Gasteiger partial charge >= 0.3 is 0 Å². The second-order valence-electron chi connectivity index (χ2n) is 7.53. The number of sulfone groups is 1. The van der Waals surface area contributed by atoms with E-state index in [0.29, 0.717) is 44.3 Å². The molecule has 0 aromatic carbocycles. The van der Waals surface area contributed by atoms with Gasteiger partial charge in [0.1, 0.15) is 4.75 Å². The van der Waals surface area contributed by atoms with E-state index < -0.39 is 14.6 Å². The summed E-state index contributed by atoms with van der Waals surface area (Å²) in [6.07, 6.45) is 3.56. The van der Waals surface area contributed by atoms with Gasteiger partial charge in [-0.15, -0.1) is 0 Å². The number of hydrogen-bond acceptors (Lipinski definition) is 5. The molecule has 3 heterocycles. The summed E-state index contributed by atoms with van der Waals surface area (Å²) in [6.45, 7) is 5.10. The maximum absolute atomic E-state index is 12.6. The third-order valence-corrected chi connectivity index (χ3v) is 7.98. The summed E-state index contributed by atoms with van der Waals surface area (Å²) in [5, 5.41) is 0. The molecule has 0 aliphatic carbocycles. The Morgan fingerprint density at radius 2 is 2.16 bits per heavy atom. The van der Waals surface area contributed by atoms with Crippen LogP contribution in [0.3, 0.4) is 0 Å². The van der Waals surface area contributed by atoms with Crippen LogP contribution < -0.4 is 4.74 Å². The van der Waals surface area contributed by atoms with Gasteiger partial charge in [-0.1, -0.05) is 19.9 Å². The first kappa shape index (κ1) is 18.2. The Kier molecular flexibility index (Phi) is 5.04. The number of ether oxygens (including phenoxy) is 1. The van der Waals surface area contributed by atoms with Crippen molar-refractivity contribution >= 4 is 15.7 Å². The smallest absolute Gasteiger partial charge is 0.222 e. The number of aromatic nitrogens is 1. The first-order valence-corrected chi connectivity index (χ1v) is 10.5. The first-order chi connectivity index (χ1) is 11.8. The number of carbonyl (C=O) groups is 1. The van der Waals surface area contributed by atoms with Crippen LogP contribution in [-0.4, -0.2) is 54.4 Å². The summed E-state index contributed by atoms with van der Waals surface area (Å²) in [4.78, 5) is 18.1. The van der Waals surface area contributed by atoms with E-state index >= 15 is 0 Å². The number of carbonyl (C=O) groups excluding carboxylic acids is 1. The van der Waals surface area contributed by atoms with Crippen molar-refractivity contribution in [1.29, 1.82) is 0 Å². The molecule has 0 saturated carbocycles. The summed E-state index contributed by atoms with van der Waals surface area (Å²) < 4.78 is 30.1. The molecule has 1 aromatic rings. The van der Waals surface area contributed by atoms with Gasteiger partial charge < -0.3 is 9.64 Å². The van der Waals surface area contributed by atoms with Crippen molar-refractivity contribution in [3.63, 3.8) is 0 Å². The SMILES string of the molecule is CC(C)CCC(=O)N1CC2(C1)[C@H](COc1ccccn1)CCS2(=O)=O. The van der Waals surface area contributed by atoms with Crippen LogP contribution in [0.15, 0.2) is 24.4 Å². The summed E-state index contributed by atoms with van der Waals surface area (Å²) in [6, 6.07) is 5.40. The predicted octanol–water partition coefficient (Wildman–Crippen LogP) is 1.91. The molecule has 1 amide bonds. The monoisotopic (exact) mass is 366 g/mol. The van der Waals surface area contributed by atoms with Crippen LogP contribution in [0.2, 0.25) is 0 Å². The lowest BCUT2D eigenvalue weighted by molar-refractivity contribution is -0.137. The highest BCUT2D eigenvalue weighted by Gasteiger charge is 2.62. The molecular formula is C18H26N2O4S. The second kappa shape index (κ2) is 6.94. The molecule has 7 heteroatoms. The van der Waals surface area contributed by atoms with Gasteiger partial charge in [0.2, 0.25) is 11.8 Å². The molecule has 3 rings (SSSR count). The van der Waals surface area contributed by atoms with E-state index in [1.54, 1.807) is 23.2 Å². The highest BCUT2D eigenvalue weighted by Crippen LogP contribution is 2.45. The predicted molar refractivity (Wildman–Crippen MR) is 95.0 cm³/mol. The molecule has 2 fully saturated rings. The number of pyridine rings is 1. The van der Waals surface area contributed by atoms with Crippen LogP contribution >= 0.6 is 0 Å². The van der Waals surface area contributed by atoms with E-state index in [0.717, 1.165) is 6.42 Å². The summed E-state index contributed by atoms with van der Waals surface area (Å²) in [7, 11) is -3.20. The Labute approximate surface area is 149 Å². The fourth-order valence-electron chi connectivity index (χ4n) is 3.67. The largest absolute Gasteiger partial charge is 0.477 e. The van der Waals surface area contributed by atoms with E-state index in [9.17, 15) is 13.2 Å². The zero-order valence-corrected chi connectivity index (χ0v) is 15.7. The molecule has 25 heavy (non-hydrogen) atoms. The highest BCUT2D eigenvalue weighted by atomic mass is 32.2. The molecule has 0 radical (unpaired) electrons. The fourth-order valence-corrected chi connectivity index (χ4v) is 6.07. The van der Waals surface area contributed by atoms with E-state index in [4.69, 9.17) is 4.74 Å². The van der Waals surface area contributed by atoms with Gasteiger partial charge in [-0.3, -0.25) is 4.79 Å². The lowest BCUT2D eigenvalue weighted by Crippen LogP contribution is -2.68. The van der Waals surface area contributed by atoms with Gasteiger partial charge in [-0.2, -0.15) is 0 Å². The van der Waals surface area contributed by atoms with Crippen LogP contribution in [0.25, 0.3) is 0 Å². The van der Waals surface area contributed by atoms with Crippen molar-refractivity contribution in [2.45, 2.75) is 37.9 Å². The van der Waals surface area contributed by atoms with E-state index in [1.165, 1.54) is 0 Å². The molecule has 2 aliphatic heterocycles. The lowest BCUT2D eigenvalue weighted by Gasteiger charge is -2.49. The molecule has 0 bridgehead atoms. The molecule has 0 N–H and O–H groups in total. The Bertz CT molecular complexity index is 712. The van der Waals surface area contributed by atoms with Gasteiger partial charge in [0.15, 0.2) is 9.84 Å².